The molecule has 0 aliphatic rings. The van der Waals surface area contributed by atoms with Gasteiger partial charge in [0, 0.05) is 37.2 Å². The van der Waals surface area contributed by atoms with Crippen LogP contribution in [0.4, 0.5) is 5.82 Å². The molecule has 2 aromatic heterocycles. The lowest BCUT2D eigenvalue weighted by atomic mass is 10.1. The quantitative estimate of drug-likeness (QED) is 0.881. The summed E-state index contributed by atoms with van der Waals surface area (Å²) in [5.74, 6) is 0.714. The molecule has 0 radical (unpaired) electrons. The zero-order valence-electron chi connectivity index (χ0n) is 12.0. The van der Waals surface area contributed by atoms with Gasteiger partial charge < -0.3 is 10.0 Å². The molecule has 1 N–H and O–H groups in total. The molecule has 0 saturated carbocycles. The molecule has 0 aliphatic carbocycles. The molecule has 5 heteroatoms. The van der Waals surface area contributed by atoms with Crippen molar-refractivity contribution < 1.29 is 5.11 Å². The van der Waals surface area contributed by atoms with Crippen molar-refractivity contribution in [1.29, 1.82) is 5.26 Å². The summed E-state index contributed by atoms with van der Waals surface area (Å²) in [4.78, 5) is 10.5. The first-order valence-corrected chi connectivity index (χ1v) is 6.86. The Balaban J connectivity index is 2.30. The van der Waals surface area contributed by atoms with E-state index >= 15 is 0 Å². The van der Waals surface area contributed by atoms with Crippen LogP contribution in [0.25, 0.3) is 0 Å². The van der Waals surface area contributed by atoms with Crippen LogP contribution in [0, 0.1) is 11.3 Å². The number of pyridine rings is 2. The van der Waals surface area contributed by atoms with E-state index in [4.69, 9.17) is 5.26 Å². The largest absolute Gasteiger partial charge is 0.389 e. The second-order valence-electron chi connectivity index (χ2n) is 4.78. The molecule has 0 fully saturated rings. The van der Waals surface area contributed by atoms with Crippen LogP contribution < -0.4 is 4.90 Å². The highest BCUT2D eigenvalue weighted by Crippen LogP contribution is 2.25. The number of hydrogen-bond acceptors (Lipinski definition) is 5. The van der Waals surface area contributed by atoms with Crippen LogP contribution in [-0.2, 0) is 6.54 Å². The number of hydrogen-bond donors (Lipinski definition) is 1. The highest BCUT2D eigenvalue weighted by Gasteiger charge is 2.15. The number of aromatic nitrogens is 2. The van der Waals surface area contributed by atoms with Crippen molar-refractivity contribution in [2.24, 2.45) is 0 Å². The molecule has 2 heterocycles. The van der Waals surface area contributed by atoms with Crippen molar-refractivity contribution in [2.75, 3.05) is 11.4 Å². The fraction of sp³-hybridized carbons (Fsp3) is 0.312. The Labute approximate surface area is 124 Å². The molecule has 0 spiro atoms. The Morgan fingerprint density at radius 2 is 2.14 bits per heavy atom. The van der Waals surface area contributed by atoms with E-state index in [0.29, 0.717) is 25.3 Å². The smallest absolute Gasteiger partial charge is 0.134 e. The van der Waals surface area contributed by atoms with E-state index in [1.165, 1.54) is 0 Å². The maximum absolute atomic E-state index is 9.90. The summed E-state index contributed by atoms with van der Waals surface area (Å²) < 4.78 is 0. The van der Waals surface area contributed by atoms with Gasteiger partial charge in [-0.1, -0.05) is 12.1 Å². The van der Waals surface area contributed by atoms with E-state index in [1.807, 2.05) is 23.1 Å². The van der Waals surface area contributed by atoms with Gasteiger partial charge in [-0.05, 0) is 24.6 Å². The van der Waals surface area contributed by atoms with E-state index < -0.39 is 6.10 Å². The van der Waals surface area contributed by atoms with E-state index in [2.05, 4.69) is 16.0 Å². The first-order chi connectivity index (χ1) is 10.2. The molecule has 108 valence electrons. The molecular weight excluding hydrogens is 264 g/mol. The second kappa shape index (κ2) is 7.36. The number of aliphatic hydroxyl groups excluding tert-OH is 1. The molecule has 5 nitrogen and oxygen atoms in total. The maximum atomic E-state index is 9.90. The minimum Gasteiger partial charge on any atom is -0.389 e. The number of nitriles is 1. The van der Waals surface area contributed by atoms with Crippen molar-refractivity contribution in [2.45, 2.75) is 26.0 Å². The maximum Gasteiger partial charge on any atom is 0.134 e. The molecule has 0 aliphatic heterocycles. The van der Waals surface area contributed by atoms with Crippen LogP contribution in [0.2, 0.25) is 0 Å². The van der Waals surface area contributed by atoms with Crippen molar-refractivity contribution in [3.05, 3.63) is 54.0 Å². The Kier molecular flexibility index (Phi) is 5.24. The first kappa shape index (κ1) is 14.9. The summed E-state index contributed by atoms with van der Waals surface area (Å²) in [6.07, 6.45) is 5.02. The predicted molar refractivity (Wildman–Crippen MR) is 80.4 cm³/mol. The van der Waals surface area contributed by atoms with Crippen molar-refractivity contribution >= 4 is 5.82 Å². The highest BCUT2D eigenvalue weighted by atomic mass is 16.3. The molecule has 0 saturated heterocycles. The standard InChI is InChI=1S/C16H18N4O/c1-13(21)15-6-3-9-19-16(15)20(10-4-7-17)12-14-5-2-8-18-11-14/h2-3,5-6,8-9,11,13,21H,4,10,12H2,1H3/t13-/m0/s1. The Hall–Kier alpha value is -2.45. The van der Waals surface area contributed by atoms with Crippen molar-refractivity contribution in [3.63, 3.8) is 0 Å². The average molecular weight is 282 g/mol. The molecule has 21 heavy (non-hydrogen) atoms. The lowest BCUT2D eigenvalue weighted by Crippen LogP contribution is -2.26. The lowest BCUT2D eigenvalue weighted by Gasteiger charge is -2.25. The third-order valence-corrected chi connectivity index (χ3v) is 3.16. The topological polar surface area (TPSA) is 73.0 Å². The molecule has 0 amide bonds. The van der Waals surface area contributed by atoms with Crippen LogP contribution in [0.3, 0.4) is 0 Å². The predicted octanol–water partition coefficient (Wildman–Crippen LogP) is 2.45. The summed E-state index contributed by atoms with van der Waals surface area (Å²) in [5.41, 5.74) is 1.80. The van der Waals surface area contributed by atoms with E-state index in [0.717, 1.165) is 11.1 Å². The molecule has 2 rings (SSSR count). The van der Waals surface area contributed by atoms with Crippen molar-refractivity contribution in [1.82, 2.24) is 9.97 Å². The summed E-state index contributed by atoms with van der Waals surface area (Å²) >= 11 is 0. The van der Waals surface area contributed by atoms with Gasteiger partial charge >= 0.3 is 0 Å². The molecule has 0 bridgehead atoms. The fourth-order valence-electron chi connectivity index (χ4n) is 2.16. The average Bonchev–Trinajstić information content (AvgIpc) is 2.52. The lowest BCUT2D eigenvalue weighted by molar-refractivity contribution is 0.199. The number of aliphatic hydroxyl groups is 1. The van der Waals surface area contributed by atoms with Gasteiger partial charge in [-0.25, -0.2) is 4.98 Å². The summed E-state index contributed by atoms with van der Waals surface area (Å²) in [6.45, 7) is 2.88. The van der Waals surface area contributed by atoms with Gasteiger partial charge in [0.05, 0.1) is 18.6 Å². The zero-order valence-corrected chi connectivity index (χ0v) is 12.0. The first-order valence-electron chi connectivity index (χ1n) is 6.86. The zero-order chi connectivity index (χ0) is 15.1. The van der Waals surface area contributed by atoms with Crippen LogP contribution in [-0.4, -0.2) is 21.6 Å². The monoisotopic (exact) mass is 282 g/mol. The van der Waals surface area contributed by atoms with E-state index in [9.17, 15) is 5.11 Å². The molecule has 0 aromatic carbocycles. The van der Waals surface area contributed by atoms with E-state index in [1.54, 1.807) is 31.6 Å². The van der Waals surface area contributed by atoms with Gasteiger partial charge in [-0.2, -0.15) is 5.26 Å². The molecule has 2 aromatic rings. The minimum atomic E-state index is -0.604. The van der Waals surface area contributed by atoms with Gasteiger partial charge in [0.1, 0.15) is 5.82 Å². The third-order valence-electron chi connectivity index (χ3n) is 3.16. The highest BCUT2D eigenvalue weighted by molar-refractivity contribution is 5.48. The third kappa shape index (κ3) is 4.01. The second-order valence-corrected chi connectivity index (χ2v) is 4.78. The van der Waals surface area contributed by atoms with Crippen LogP contribution in [0.5, 0.6) is 0 Å². The summed E-state index contributed by atoms with van der Waals surface area (Å²) in [5, 5.41) is 18.7. The van der Waals surface area contributed by atoms with Crippen LogP contribution >= 0.6 is 0 Å². The van der Waals surface area contributed by atoms with Gasteiger partial charge in [-0.15, -0.1) is 0 Å². The Morgan fingerprint density at radius 1 is 1.33 bits per heavy atom. The normalized spacial score (nSPS) is 11.7. The number of nitrogens with zero attached hydrogens (tertiary/aromatic N) is 4. The van der Waals surface area contributed by atoms with Crippen molar-refractivity contribution in [3.8, 4) is 6.07 Å². The summed E-state index contributed by atoms with van der Waals surface area (Å²) in [6, 6.07) is 9.68. The van der Waals surface area contributed by atoms with Gasteiger partial charge in [0.2, 0.25) is 0 Å². The van der Waals surface area contributed by atoms with Crippen LogP contribution in [0.15, 0.2) is 42.9 Å². The van der Waals surface area contributed by atoms with Gasteiger partial charge in [0.15, 0.2) is 0 Å². The number of anilines is 1. The Bertz CT molecular complexity index is 607. The summed E-state index contributed by atoms with van der Waals surface area (Å²) in [7, 11) is 0. The van der Waals surface area contributed by atoms with Crippen LogP contribution in [0.1, 0.15) is 30.6 Å². The molecule has 0 unspecified atom stereocenters. The minimum absolute atomic E-state index is 0.399. The number of rotatable bonds is 6. The SMILES string of the molecule is C[C@H](O)c1cccnc1N(CCC#N)Cc1cccnc1. The molecular formula is C16H18N4O. The fourth-order valence-corrected chi connectivity index (χ4v) is 2.16. The van der Waals surface area contributed by atoms with E-state index in [-0.39, 0.29) is 0 Å². The van der Waals surface area contributed by atoms with Gasteiger partial charge in [0.25, 0.3) is 0 Å². The Morgan fingerprint density at radius 3 is 2.81 bits per heavy atom. The van der Waals surface area contributed by atoms with Gasteiger partial charge in [-0.3, -0.25) is 4.98 Å². The molecule has 1 atom stereocenters.